The zero-order valence-electron chi connectivity index (χ0n) is 14.2. The monoisotopic (exact) mass is 336 g/mol. The average molecular weight is 336 g/mol. The summed E-state index contributed by atoms with van der Waals surface area (Å²) in [6, 6.07) is 1.62. The van der Waals surface area contributed by atoms with Crippen LogP contribution in [0.2, 0.25) is 0 Å². The maximum absolute atomic E-state index is 12.4. The van der Waals surface area contributed by atoms with E-state index in [1.165, 1.54) is 17.7 Å². The van der Waals surface area contributed by atoms with Crippen molar-refractivity contribution in [1.29, 1.82) is 0 Å². The van der Waals surface area contributed by atoms with Crippen LogP contribution in [-0.2, 0) is 0 Å². The number of carbonyl (C=O) groups excluding carboxylic acids is 1. The van der Waals surface area contributed by atoms with E-state index in [1.807, 2.05) is 0 Å². The van der Waals surface area contributed by atoms with Crippen LogP contribution in [0.5, 0.6) is 0 Å². The van der Waals surface area contributed by atoms with E-state index >= 15 is 0 Å². The van der Waals surface area contributed by atoms with Gasteiger partial charge in [0.1, 0.15) is 0 Å². The van der Waals surface area contributed by atoms with Crippen LogP contribution in [0.15, 0.2) is 0 Å². The number of hydrogen-bond acceptors (Lipinski definition) is 3. The lowest BCUT2D eigenvalue weighted by Gasteiger charge is -2.41. The molecule has 134 valence electrons. The molecule has 0 aromatic carbocycles. The van der Waals surface area contributed by atoms with Crippen molar-refractivity contribution in [3.8, 4) is 0 Å². The average Bonchev–Trinajstić information content (AvgIpc) is 3.19. The van der Waals surface area contributed by atoms with E-state index < -0.39 is 6.09 Å². The van der Waals surface area contributed by atoms with Crippen molar-refractivity contribution in [3.63, 3.8) is 0 Å². The van der Waals surface area contributed by atoms with E-state index in [0.717, 1.165) is 45.2 Å². The van der Waals surface area contributed by atoms with Gasteiger partial charge in [-0.15, -0.1) is 0 Å². The highest BCUT2D eigenvalue weighted by Crippen LogP contribution is 2.33. The van der Waals surface area contributed by atoms with Gasteiger partial charge in [0, 0.05) is 38.3 Å². The summed E-state index contributed by atoms with van der Waals surface area (Å²) in [5, 5.41) is 12.3. The third kappa shape index (κ3) is 2.83. The molecule has 4 aliphatic rings. The molecule has 24 heavy (non-hydrogen) atoms. The lowest BCUT2D eigenvalue weighted by Crippen LogP contribution is -2.52. The molecule has 3 saturated heterocycles. The Hall–Kier alpha value is -1.50. The minimum atomic E-state index is -0.801. The number of carboxylic acid groups (broad SMARTS) is 1. The third-order valence-corrected chi connectivity index (χ3v) is 6.47. The van der Waals surface area contributed by atoms with Crippen LogP contribution in [0.1, 0.15) is 44.9 Å². The smallest absolute Gasteiger partial charge is 0.407 e. The summed E-state index contributed by atoms with van der Waals surface area (Å²) >= 11 is 0. The standard InChI is InChI=1S/C17H28N4O3/c22-16-18-14-3-1-2-4-15(14)21(16)12-5-8-19(9-6-12)13-7-10-20(11-13)17(23)24/h12-15H,1-11H2,(H,18,22)(H,23,24)/t13-,14+,15+/m0/s1. The van der Waals surface area contributed by atoms with Crippen LogP contribution in [0.25, 0.3) is 0 Å². The molecule has 1 saturated carbocycles. The topological polar surface area (TPSA) is 76.1 Å². The molecule has 7 nitrogen and oxygen atoms in total. The quantitative estimate of drug-likeness (QED) is 0.802. The Morgan fingerprint density at radius 1 is 1.00 bits per heavy atom. The Balaban J connectivity index is 1.33. The summed E-state index contributed by atoms with van der Waals surface area (Å²) in [7, 11) is 0. The molecule has 3 atom stereocenters. The number of amides is 3. The summed E-state index contributed by atoms with van der Waals surface area (Å²) in [4.78, 5) is 29.6. The van der Waals surface area contributed by atoms with Crippen molar-refractivity contribution in [2.45, 2.75) is 69.1 Å². The fourth-order valence-corrected chi connectivity index (χ4v) is 5.18. The van der Waals surface area contributed by atoms with E-state index in [1.54, 1.807) is 0 Å². The molecule has 0 radical (unpaired) electrons. The Kier molecular flexibility index (Phi) is 4.28. The van der Waals surface area contributed by atoms with Gasteiger partial charge in [0.25, 0.3) is 0 Å². The predicted molar refractivity (Wildman–Crippen MR) is 89.0 cm³/mol. The Morgan fingerprint density at radius 3 is 2.42 bits per heavy atom. The number of nitrogens with zero attached hydrogens (tertiary/aromatic N) is 3. The van der Waals surface area contributed by atoms with Crippen molar-refractivity contribution in [2.75, 3.05) is 26.2 Å². The van der Waals surface area contributed by atoms with Gasteiger partial charge >= 0.3 is 12.1 Å². The fourth-order valence-electron chi connectivity index (χ4n) is 5.18. The summed E-state index contributed by atoms with van der Waals surface area (Å²) in [5.74, 6) is 0. The molecule has 4 rings (SSSR count). The molecule has 0 spiro atoms. The number of carbonyl (C=O) groups is 2. The second-order valence-corrected chi connectivity index (χ2v) is 7.75. The first-order valence-corrected chi connectivity index (χ1v) is 9.44. The fraction of sp³-hybridized carbons (Fsp3) is 0.882. The normalized spacial score (nSPS) is 35.2. The van der Waals surface area contributed by atoms with Gasteiger partial charge in [-0.2, -0.15) is 0 Å². The maximum atomic E-state index is 12.4. The molecule has 7 heteroatoms. The minimum Gasteiger partial charge on any atom is -0.465 e. The highest BCUT2D eigenvalue weighted by atomic mass is 16.4. The lowest BCUT2D eigenvalue weighted by atomic mass is 9.89. The van der Waals surface area contributed by atoms with Crippen molar-refractivity contribution in [3.05, 3.63) is 0 Å². The predicted octanol–water partition coefficient (Wildman–Crippen LogP) is 1.54. The zero-order chi connectivity index (χ0) is 16.7. The van der Waals surface area contributed by atoms with Gasteiger partial charge in [0.05, 0.1) is 12.1 Å². The van der Waals surface area contributed by atoms with Crippen LogP contribution in [0.4, 0.5) is 9.59 Å². The van der Waals surface area contributed by atoms with Gasteiger partial charge in [-0.1, -0.05) is 12.8 Å². The van der Waals surface area contributed by atoms with E-state index in [2.05, 4.69) is 15.1 Å². The highest BCUT2D eigenvalue weighted by molar-refractivity contribution is 5.78. The molecule has 0 bridgehead atoms. The number of urea groups is 1. The number of nitrogens with one attached hydrogen (secondary N) is 1. The molecule has 1 aliphatic carbocycles. The molecule has 0 unspecified atom stereocenters. The Bertz CT molecular complexity index is 506. The van der Waals surface area contributed by atoms with Crippen LogP contribution in [-0.4, -0.2) is 82.3 Å². The summed E-state index contributed by atoms with van der Waals surface area (Å²) in [6.07, 6.45) is 6.89. The van der Waals surface area contributed by atoms with Crippen LogP contribution < -0.4 is 5.32 Å². The molecular weight excluding hydrogens is 308 g/mol. The van der Waals surface area contributed by atoms with Crippen molar-refractivity contribution in [1.82, 2.24) is 20.0 Å². The molecule has 3 heterocycles. The molecule has 0 aromatic heterocycles. The van der Waals surface area contributed by atoms with Gasteiger partial charge in [0.2, 0.25) is 0 Å². The number of rotatable bonds is 2. The molecule has 4 fully saturated rings. The van der Waals surface area contributed by atoms with E-state index in [0.29, 0.717) is 37.3 Å². The van der Waals surface area contributed by atoms with Gasteiger partial charge < -0.3 is 20.2 Å². The second-order valence-electron chi connectivity index (χ2n) is 7.75. The second kappa shape index (κ2) is 6.43. The van der Waals surface area contributed by atoms with Crippen LogP contribution >= 0.6 is 0 Å². The number of hydrogen-bond donors (Lipinski definition) is 2. The van der Waals surface area contributed by atoms with Gasteiger partial charge in [0.15, 0.2) is 0 Å². The summed E-state index contributed by atoms with van der Waals surface area (Å²) < 4.78 is 0. The SMILES string of the molecule is O=C(O)N1CC[C@H](N2CCC(N3C(=O)N[C@@H]4CCCC[C@H]43)CC2)C1. The lowest BCUT2D eigenvalue weighted by molar-refractivity contribution is 0.0822. The number of likely N-dealkylation sites (tertiary alicyclic amines) is 2. The van der Waals surface area contributed by atoms with Gasteiger partial charge in [-0.25, -0.2) is 9.59 Å². The highest BCUT2D eigenvalue weighted by Gasteiger charge is 2.44. The van der Waals surface area contributed by atoms with E-state index in [-0.39, 0.29) is 6.03 Å². The van der Waals surface area contributed by atoms with Crippen molar-refractivity contribution in [2.24, 2.45) is 0 Å². The largest absolute Gasteiger partial charge is 0.465 e. The number of piperidine rings is 1. The van der Waals surface area contributed by atoms with Crippen LogP contribution in [0, 0.1) is 0 Å². The maximum Gasteiger partial charge on any atom is 0.407 e. The molecular formula is C17H28N4O3. The molecule has 0 aromatic rings. The molecule has 2 N–H and O–H groups in total. The van der Waals surface area contributed by atoms with Crippen LogP contribution in [0.3, 0.4) is 0 Å². The van der Waals surface area contributed by atoms with Gasteiger partial charge in [-0.3, -0.25) is 4.90 Å². The summed E-state index contributed by atoms with van der Waals surface area (Å²) in [6.45, 7) is 3.24. The van der Waals surface area contributed by atoms with E-state index in [9.17, 15) is 9.59 Å². The molecule has 3 amide bonds. The summed E-state index contributed by atoms with van der Waals surface area (Å²) in [5.41, 5.74) is 0. The Morgan fingerprint density at radius 2 is 1.71 bits per heavy atom. The third-order valence-electron chi connectivity index (χ3n) is 6.47. The van der Waals surface area contributed by atoms with E-state index in [4.69, 9.17) is 5.11 Å². The van der Waals surface area contributed by atoms with Crippen molar-refractivity contribution >= 4 is 12.1 Å². The zero-order valence-corrected chi connectivity index (χ0v) is 14.2. The first-order valence-electron chi connectivity index (χ1n) is 9.44. The van der Waals surface area contributed by atoms with Gasteiger partial charge in [-0.05, 0) is 32.1 Å². The van der Waals surface area contributed by atoms with Crippen molar-refractivity contribution < 1.29 is 14.7 Å². The Labute approximate surface area is 143 Å². The molecule has 3 aliphatic heterocycles. The minimum absolute atomic E-state index is 0.142. The first kappa shape index (κ1) is 16.0. The number of fused-ring (bicyclic) bond motifs is 1. The first-order chi connectivity index (χ1) is 11.6.